The molecule has 1 aliphatic heterocycles. The van der Waals surface area contributed by atoms with Gasteiger partial charge in [0, 0.05) is 35.6 Å². The first-order chi connectivity index (χ1) is 7.84. The molecule has 2 fully saturated rings. The van der Waals surface area contributed by atoms with Gasteiger partial charge in [-0.25, -0.2) is 0 Å². The van der Waals surface area contributed by atoms with E-state index in [1.807, 2.05) is 23.5 Å². The summed E-state index contributed by atoms with van der Waals surface area (Å²) in [5.41, 5.74) is 0. The lowest BCUT2D eigenvalue weighted by atomic mass is 10.4. The van der Waals surface area contributed by atoms with Gasteiger partial charge in [0.1, 0.15) is 0 Å². The summed E-state index contributed by atoms with van der Waals surface area (Å²) in [6, 6.07) is 0. The zero-order chi connectivity index (χ0) is 11.2. The number of amides is 1. The smallest absolute Gasteiger partial charge is 0.233 e. The van der Waals surface area contributed by atoms with Crippen molar-refractivity contribution in [3.05, 3.63) is 0 Å². The van der Waals surface area contributed by atoms with Gasteiger partial charge in [-0.2, -0.15) is 23.5 Å². The summed E-state index contributed by atoms with van der Waals surface area (Å²) in [5.74, 6) is 4.68. The van der Waals surface area contributed by atoms with Crippen molar-refractivity contribution >= 4 is 29.4 Å². The number of rotatable bonds is 6. The van der Waals surface area contributed by atoms with Crippen LogP contribution in [0.4, 0.5) is 0 Å². The molecule has 2 rings (SSSR count). The third kappa shape index (κ3) is 4.97. The maximum absolute atomic E-state index is 11.4. The second-order valence-corrected chi connectivity index (χ2v) is 7.00. The highest BCUT2D eigenvalue weighted by Gasteiger charge is 2.21. The van der Waals surface area contributed by atoms with Crippen molar-refractivity contribution in [1.29, 1.82) is 0 Å². The van der Waals surface area contributed by atoms with Gasteiger partial charge in [0.15, 0.2) is 0 Å². The summed E-state index contributed by atoms with van der Waals surface area (Å²) in [4.78, 5) is 11.4. The average molecular weight is 260 g/mol. The highest BCUT2D eigenvalue weighted by Crippen LogP contribution is 2.27. The fourth-order valence-corrected chi connectivity index (χ4v) is 4.29. The Labute approximate surface area is 106 Å². The van der Waals surface area contributed by atoms with Crippen LogP contribution < -0.4 is 10.6 Å². The second-order valence-electron chi connectivity index (χ2n) is 4.45. The minimum atomic E-state index is 0.153. The molecular formula is C11H20N2OS2. The van der Waals surface area contributed by atoms with Crippen LogP contribution in [0.3, 0.4) is 0 Å². The molecular weight excluding hydrogens is 240 g/mol. The third-order valence-corrected chi connectivity index (χ3v) is 5.67. The van der Waals surface area contributed by atoms with E-state index in [2.05, 4.69) is 10.6 Å². The summed E-state index contributed by atoms with van der Waals surface area (Å²) in [6.07, 6.45) is 2.59. The van der Waals surface area contributed by atoms with E-state index in [1.165, 1.54) is 30.1 Å². The van der Waals surface area contributed by atoms with Crippen molar-refractivity contribution in [2.24, 2.45) is 5.92 Å². The van der Waals surface area contributed by atoms with Crippen LogP contribution in [-0.4, -0.2) is 48.0 Å². The van der Waals surface area contributed by atoms with Crippen molar-refractivity contribution < 1.29 is 4.79 Å². The van der Waals surface area contributed by atoms with E-state index in [4.69, 9.17) is 0 Å². The number of nitrogens with one attached hydrogen (secondary N) is 2. The zero-order valence-electron chi connectivity index (χ0n) is 9.54. The van der Waals surface area contributed by atoms with Crippen LogP contribution in [0.25, 0.3) is 0 Å². The van der Waals surface area contributed by atoms with Gasteiger partial charge in [0.2, 0.25) is 5.91 Å². The Morgan fingerprint density at radius 3 is 2.81 bits per heavy atom. The lowest BCUT2D eigenvalue weighted by molar-refractivity contribution is -0.120. The summed E-state index contributed by atoms with van der Waals surface area (Å²) < 4.78 is 0. The lowest BCUT2D eigenvalue weighted by Gasteiger charge is -2.21. The van der Waals surface area contributed by atoms with E-state index < -0.39 is 0 Å². The molecule has 16 heavy (non-hydrogen) atoms. The number of carbonyl (C=O) groups is 1. The van der Waals surface area contributed by atoms with Gasteiger partial charge >= 0.3 is 0 Å². The molecule has 0 spiro atoms. The van der Waals surface area contributed by atoms with E-state index in [9.17, 15) is 4.79 Å². The summed E-state index contributed by atoms with van der Waals surface area (Å²) in [6.45, 7) is 2.33. The Balaban J connectivity index is 1.47. The molecule has 0 radical (unpaired) electrons. The SMILES string of the molecule is O=C(CNCC1CSCCS1)NCC1CC1. The first-order valence-electron chi connectivity index (χ1n) is 6.01. The van der Waals surface area contributed by atoms with Crippen LogP contribution in [0.2, 0.25) is 0 Å². The minimum absolute atomic E-state index is 0.153. The molecule has 1 atom stereocenters. The van der Waals surface area contributed by atoms with Crippen molar-refractivity contribution in [3.63, 3.8) is 0 Å². The molecule has 0 aromatic heterocycles. The topological polar surface area (TPSA) is 41.1 Å². The number of thioether (sulfide) groups is 2. The Bertz CT molecular complexity index is 228. The predicted octanol–water partition coefficient (Wildman–Crippen LogP) is 0.951. The van der Waals surface area contributed by atoms with Crippen LogP contribution in [0, 0.1) is 5.92 Å². The fraction of sp³-hybridized carbons (Fsp3) is 0.909. The van der Waals surface area contributed by atoms with Crippen LogP contribution >= 0.6 is 23.5 Å². The monoisotopic (exact) mass is 260 g/mol. The highest BCUT2D eigenvalue weighted by atomic mass is 32.2. The second kappa shape index (κ2) is 6.77. The normalized spacial score (nSPS) is 25.4. The number of carbonyl (C=O) groups excluding carboxylic acids is 1. The molecule has 92 valence electrons. The molecule has 1 unspecified atom stereocenters. The summed E-state index contributed by atoms with van der Waals surface area (Å²) >= 11 is 4.05. The van der Waals surface area contributed by atoms with Gasteiger partial charge in [-0.15, -0.1) is 0 Å². The molecule has 1 saturated carbocycles. The lowest BCUT2D eigenvalue weighted by Crippen LogP contribution is -2.38. The summed E-state index contributed by atoms with van der Waals surface area (Å²) in [5, 5.41) is 6.91. The Morgan fingerprint density at radius 2 is 2.12 bits per heavy atom. The molecule has 1 saturated heterocycles. The van der Waals surface area contributed by atoms with E-state index in [1.54, 1.807) is 0 Å². The number of hydrogen-bond acceptors (Lipinski definition) is 4. The molecule has 1 amide bonds. The Morgan fingerprint density at radius 1 is 1.25 bits per heavy atom. The Kier molecular flexibility index (Phi) is 5.32. The maximum Gasteiger partial charge on any atom is 0.233 e. The van der Waals surface area contributed by atoms with Crippen LogP contribution in [-0.2, 0) is 4.79 Å². The largest absolute Gasteiger partial charge is 0.355 e. The van der Waals surface area contributed by atoms with Crippen molar-refractivity contribution in [1.82, 2.24) is 10.6 Å². The van der Waals surface area contributed by atoms with E-state index in [0.29, 0.717) is 11.8 Å². The van der Waals surface area contributed by atoms with Crippen molar-refractivity contribution in [3.8, 4) is 0 Å². The van der Waals surface area contributed by atoms with Crippen LogP contribution in [0.5, 0.6) is 0 Å². The predicted molar refractivity (Wildman–Crippen MR) is 72.2 cm³/mol. The van der Waals surface area contributed by atoms with E-state index in [0.717, 1.165) is 19.0 Å². The first kappa shape index (κ1) is 12.6. The number of hydrogen-bond donors (Lipinski definition) is 2. The van der Waals surface area contributed by atoms with Gasteiger partial charge in [-0.1, -0.05) is 0 Å². The van der Waals surface area contributed by atoms with Gasteiger partial charge in [-0.3, -0.25) is 4.79 Å². The zero-order valence-corrected chi connectivity index (χ0v) is 11.2. The molecule has 5 heteroatoms. The van der Waals surface area contributed by atoms with E-state index >= 15 is 0 Å². The average Bonchev–Trinajstić information content (AvgIpc) is 3.12. The minimum Gasteiger partial charge on any atom is -0.355 e. The molecule has 0 aromatic carbocycles. The van der Waals surface area contributed by atoms with Crippen LogP contribution in [0.15, 0.2) is 0 Å². The molecule has 1 aliphatic carbocycles. The molecule has 0 bridgehead atoms. The fourth-order valence-electron chi connectivity index (χ4n) is 1.64. The van der Waals surface area contributed by atoms with Crippen molar-refractivity contribution in [2.75, 3.05) is 36.9 Å². The Hall–Kier alpha value is 0.130. The van der Waals surface area contributed by atoms with E-state index in [-0.39, 0.29) is 5.91 Å². The summed E-state index contributed by atoms with van der Waals surface area (Å²) in [7, 11) is 0. The van der Waals surface area contributed by atoms with Gasteiger partial charge in [0.25, 0.3) is 0 Å². The highest BCUT2D eigenvalue weighted by molar-refractivity contribution is 8.06. The standard InChI is InChI=1S/C11H20N2OS2/c14-11(13-5-9-1-2-9)7-12-6-10-8-15-3-4-16-10/h9-10,12H,1-8H2,(H,13,14). The molecule has 2 N–H and O–H groups in total. The van der Waals surface area contributed by atoms with Gasteiger partial charge < -0.3 is 10.6 Å². The molecule has 3 nitrogen and oxygen atoms in total. The third-order valence-electron chi connectivity index (χ3n) is 2.83. The molecule has 0 aromatic rings. The first-order valence-corrected chi connectivity index (χ1v) is 8.21. The maximum atomic E-state index is 11.4. The van der Waals surface area contributed by atoms with Crippen molar-refractivity contribution in [2.45, 2.75) is 18.1 Å². The van der Waals surface area contributed by atoms with Crippen LogP contribution in [0.1, 0.15) is 12.8 Å². The molecule has 2 aliphatic rings. The van der Waals surface area contributed by atoms with Gasteiger partial charge in [0.05, 0.1) is 6.54 Å². The molecule has 1 heterocycles. The quantitative estimate of drug-likeness (QED) is 0.746. The van der Waals surface area contributed by atoms with Gasteiger partial charge in [-0.05, 0) is 18.8 Å².